The molecule has 0 spiro atoms. The molecule has 18 heavy (non-hydrogen) atoms. The minimum atomic E-state index is -0.732. The molecule has 1 aromatic rings. The number of aliphatic carboxylic acids is 1. The van der Waals surface area contributed by atoms with Gasteiger partial charge in [0, 0.05) is 31.0 Å². The first-order valence-corrected chi connectivity index (χ1v) is 5.98. The molecule has 5 heteroatoms. The third-order valence-electron chi connectivity index (χ3n) is 3.37. The lowest BCUT2D eigenvalue weighted by Gasteiger charge is -2.33. The van der Waals surface area contributed by atoms with Crippen LogP contribution in [0.2, 0.25) is 0 Å². The van der Waals surface area contributed by atoms with Crippen molar-refractivity contribution in [2.75, 3.05) is 13.1 Å². The Morgan fingerprint density at radius 2 is 2.28 bits per heavy atom. The van der Waals surface area contributed by atoms with Gasteiger partial charge in [0.05, 0.1) is 12.0 Å². The lowest BCUT2D eigenvalue weighted by Crippen LogP contribution is -2.38. The van der Waals surface area contributed by atoms with Gasteiger partial charge >= 0.3 is 5.97 Å². The summed E-state index contributed by atoms with van der Waals surface area (Å²) < 4.78 is 0. The van der Waals surface area contributed by atoms with E-state index in [0.717, 1.165) is 5.56 Å². The number of nitrogens with zero attached hydrogens (tertiary/aromatic N) is 3. The molecule has 1 saturated heterocycles. The van der Waals surface area contributed by atoms with Crippen LogP contribution < -0.4 is 0 Å². The Morgan fingerprint density at radius 1 is 1.56 bits per heavy atom. The minimum Gasteiger partial charge on any atom is -0.481 e. The monoisotopic (exact) mass is 245 g/mol. The van der Waals surface area contributed by atoms with E-state index < -0.39 is 5.97 Å². The Balaban J connectivity index is 2.04. The standard InChI is InChI=1S/C13H15N3O2/c14-8-12(11-2-1-5-15-9-11)16-6-3-10(4-7-16)13(17)18/h1-2,5,9-10,12H,3-4,6-7H2,(H,17,18). The maximum Gasteiger partial charge on any atom is 0.306 e. The summed E-state index contributed by atoms with van der Waals surface area (Å²) in [5.74, 6) is -1.00. The SMILES string of the molecule is N#CC(c1cccnc1)N1CCC(C(=O)O)CC1. The fraction of sp³-hybridized carbons (Fsp3) is 0.462. The second-order valence-electron chi connectivity index (χ2n) is 4.47. The van der Waals surface area contributed by atoms with Crippen LogP contribution in [0.25, 0.3) is 0 Å². The van der Waals surface area contributed by atoms with Gasteiger partial charge in [-0.1, -0.05) is 6.07 Å². The van der Waals surface area contributed by atoms with Gasteiger partial charge in [0.2, 0.25) is 0 Å². The molecule has 1 fully saturated rings. The Labute approximate surface area is 106 Å². The number of carbonyl (C=O) groups is 1. The average molecular weight is 245 g/mol. The van der Waals surface area contributed by atoms with Crippen LogP contribution in [-0.2, 0) is 4.79 Å². The second-order valence-corrected chi connectivity index (χ2v) is 4.47. The molecular formula is C13H15N3O2. The van der Waals surface area contributed by atoms with Crippen LogP contribution >= 0.6 is 0 Å². The van der Waals surface area contributed by atoms with Gasteiger partial charge in [-0.15, -0.1) is 0 Å². The predicted molar refractivity (Wildman–Crippen MR) is 64.5 cm³/mol. The van der Waals surface area contributed by atoms with E-state index in [4.69, 9.17) is 5.11 Å². The normalized spacial score (nSPS) is 19.1. The summed E-state index contributed by atoms with van der Waals surface area (Å²) in [5, 5.41) is 18.2. The van der Waals surface area contributed by atoms with Crippen molar-refractivity contribution in [3.63, 3.8) is 0 Å². The molecule has 2 rings (SSSR count). The third kappa shape index (κ3) is 2.66. The maximum atomic E-state index is 10.9. The molecule has 0 aliphatic carbocycles. The number of likely N-dealkylation sites (tertiary alicyclic amines) is 1. The maximum absolute atomic E-state index is 10.9. The smallest absolute Gasteiger partial charge is 0.306 e. The van der Waals surface area contributed by atoms with Crippen molar-refractivity contribution in [2.24, 2.45) is 5.92 Å². The summed E-state index contributed by atoms with van der Waals surface area (Å²) in [4.78, 5) is 16.9. The van der Waals surface area contributed by atoms with Crippen molar-refractivity contribution < 1.29 is 9.90 Å². The Morgan fingerprint density at radius 3 is 2.78 bits per heavy atom. The van der Waals surface area contributed by atoms with Crippen LogP contribution in [0, 0.1) is 17.2 Å². The fourth-order valence-electron chi connectivity index (χ4n) is 2.31. The van der Waals surface area contributed by atoms with E-state index in [1.807, 2.05) is 17.0 Å². The summed E-state index contributed by atoms with van der Waals surface area (Å²) in [6.07, 6.45) is 4.58. The van der Waals surface area contributed by atoms with Crippen LogP contribution in [-0.4, -0.2) is 34.0 Å². The second kappa shape index (κ2) is 5.61. The van der Waals surface area contributed by atoms with Gasteiger partial charge in [-0.05, 0) is 18.9 Å². The zero-order valence-electron chi connectivity index (χ0n) is 9.99. The summed E-state index contributed by atoms with van der Waals surface area (Å²) >= 11 is 0. The molecule has 2 heterocycles. The molecule has 5 nitrogen and oxygen atoms in total. The van der Waals surface area contributed by atoms with Crippen LogP contribution in [0.5, 0.6) is 0 Å². The van der Waals surface area contributed by atoms with Crippen LogP contribution in [0.3, 0.4) is 0 Å². The third-order valence-corrected chi connectivity index (χ3v) is 3.37. The Bertz CT molecular complexity index is 447. The van der Waals surface area contributed by atoms with Crippen LogP contribution in [0.15, 0.2) is 24.5 Å². The van der Waals surface area contributed by atoms with Gasteiger partial charge in [-0.2, -0.15) is 5.26 Å². The highest BCUT2D eigenvalue weighted by atomic mass is 16.4. The molecule has 1 atom stereocenters. The molecule has 0 aromatic carbocycles. The van der Waals surface area contributed by atoms with Gasteiger partial charge in [0.15, 0.2) is 0 Å². The number of nitriles is 1. The predicted octanol–water partition coefficient (Wildman–Crippen LogP) is 1.44. The van der Waals surface area contributed by atoms with E-state index in [1.54, 1.807) is 12.4 Å². The van der Waals surface area contributed by atoms with E-state index in [-0.39, 0.29) is 12.0 Å². The molecule has 94 valence electrons. The molecule has 0 amide bonds. The van der Waals surface area contributed by atoms with Crippen LogP contribution in [0.1, 0.15) is 24.4 Å². The summed E-state index contributed by atoms with van der Waals surface area (Å²) in [5.41, 5.74) is 0.869. The quantitative estimate of drug-likeness (QED) is 0.872. The van der Waals surface area contributed by atoms with Crippen molar-refractivity contribution in [3.05, 3.63) is 30.1 Å². The zero-order valence-corrected chi connectivity index (χ0v) is 9.99. The highest BCUT2D eigenvalue weighted by Gasteiger charge is 2.29. The summed E-state index contributed by atoms with van der Waals surface area (Å²) in [6.45, 7) is 1.29. The van der Waals surface area contributed by atoms with E-state index in [2.05, 4.69) is 11.1 Å². The molecular weight excluding hydrogens is 230 g/mol. The van der Waals surface area contributed by atoms with Crippen molar-refractivity contribution in [1.29, 1.82) is 5.26 Å². The minimum absolute atomic E-state index is 0.269. The lowest BCUT2D eigenvalue weighted by molar-refractivity contribution is -0.143. The van der Waals surface area contributed by atoms with Gasteiger partial charge in [0.1, 0.15) is 6.04 Å². The van der Waals surface area contributed by atoms with E-state index in [1.165, 1.54) is 0 Å². The van der Waals surface area contributed by atoms with Crippen molar-refractivity contribution in [2.45, 2.75) is 18.9 Å². The highest BCUT2D eigenvalue weighted by Crippen LogP contribution is 2.26. The molecule has 0 radical (unpaired) electrons. The van der Waals surface area contributed by atoms with Crippen molar-refractivity contribution in [3.8, 4) is 6.07 Å². The number of carboxylic acid groups (broad SMARTS) is 1. The fourth-order valence-corrected chi connectivity index (χ4v) is 2.31. The number of rotatable bonds is 3. The number of carboxylic acids is 1. The Kier molecular flexibility index (Phi) is 3.90. The largest absolute Gasteiger partial charge is 0.481 e. The van der Waals surface area contributed by atoms with Gasteiger partial charge in [-0.25, -0.2) is 0 Å². The van der Waals surface area contributed by atoms with Crippen molar-refractivity contribution in [1.82, 2.24) is 9.88 Å². The van der Waals surface area contributed by atoms with E-state index >= 15 is 0 Å². The van der Waals surface area contributed by atoms with Crippen LogP contribution in [0.4, 0.5) is 0 Å². The number of piperidine rings is 1. The molecule has 1 aliphatic heterocycles. The summed E-state index contributed by atoms with van der Waals surface area (Å²) in [6, 6.07) is 5.63. The average Bonchev–Trinajstić information content (AvgIpc) is 2.41. The first-order valence-electron chi connectivity index (χ1n) is 5.98. The molecule has 1 N–H and O–H groups in total. The van der Waals surface area contributed by atoms with E-state index in [9.17, 15) is 10.1 Å². The lowest BCUT2D eigenvalue weighted by atomic mass is 9.95. The number of pyridine rings is 1. The topological polar surface area (TPSA) is 77.2 Å². The molecule has 0 bridgehead atoms. The highest BCUT2D eigenvalue weighted by molar-refractivity contribution is 5.70. The number of hydrogen-bond acceptors (Lipinski definition) is 4. The zero-order chi connectivity index (χ0) is 13.0. The Hall–Kier alpha value is -1.93. The molecule has 1 aliphatic rings. The summed E-state index contributed by atoms with van der Waals surface area (Å²) in [7, 11) is 0. The first-order chi connectivity index (χ1) is 8.72. The van der Waals surface area contributed by atoms with Crippen molar-refractivity contribution >= 4 is 5.97 Å². The van der Waals surface area contributed by atoms with E-state index in [0.29, 0.717) is 25.9 Å². The first kappa shape index (κ1) is 12.5. The molecule has 1 aromatic heterocycles. The van der Waals surface area contributed by atoms with Gasteiger partial charge in [-0.3, -0.25) is 14.7 Å². The number of aromatic nitrogens is 1. The van der Waals surface area contributed by atoms with Gasteiger partial charge < -0.3 is 5.11 Å². The number of hydrogen-bond donors (Lipinski definition) is 1. The molecule has 0 saturated carbocycles. The van der Waals surface area contributed by atoms with Gasteiger partial charge in [0.25, 0.3) is 0 Å². The molecule has 1 unspecified atom stereocenters.